The van der Waals surface area contributed by atoms with Crippen LogP contribution in [0.2, 0.25) is 5.02 Å². The van der Waals surface area contributed by atoms with E-state index in [0.717, 1.165) is 0 Å². The summed E-state index contributed by atoms with van der Waals surface area (Å²) in [5, 5.41) is 8.92. The van der Waals surface area contributed by atoms with Gasteiger partial charge in [0.1, 0.15) is 11.8 Å². The molecule has 2 aromatic rings. The minimum atomic E-state index is -0.285. The molecular formula is C13H7ClN2O. The number of halogens is 1. The monoisotopic (exact) mass is 242 g/mol. The number of aromatic nitrogens is 1. The van der Waals surface area contributed by atoms with Gasteiger partial charge in [0.05, 0.1) is 10.6 Å². The molecule has 17 heavy (non-hydrogen) atoms. The largest absolute Gasteiger partial charge is 0.287 e. The van der Waals surface area contributed by atoms with Gasteiger partial charge < -0.3 is 0 Å². The molecule has 0 spiro atoms. The lowest BCUT2D eigenvalue weighted by atomic mass is 10.1. The Hall–Kier alpha value is -2.18. The smallest absolute Gasteiger partial charge is 0.212 e. The van der Waals surface area contributed by atoms with Crippen molar-refractivity contribution in [3.63, 3.8) is 0 Å². The van der Waals surface area contributed by atoms with Gasteiger partial charge in [0, 0.05) is 11.8 Å². The maximum absolute atomic E-state index is 12.1. The molecule has 0 aliphatic heterocycles. The molecule has 2 rings (SSSR count). The van der Waals surface area contributed by atoms with Crippen LogP contribution in [0.5, 0.6) is 0 Å². The second kappa shape index (κ2) is 4.77. The number of carbonyl (C=O) groups excluding carboxylic acids is 1. The molecule has 1 aromatic carbocycles. The summed E-state index contributed by atoms with van der Waals surface area (Å²) in [6, 6.07) is 12.1. The van der Waals surface area contributed by atoms with E-state index in [1.54, 1.807) is 24.3 Å². The van der Waals surface area contributed by atoms with Crippen molar-refractivity contribution in [2.24, 2.45) is 0 Å². The molecule has 0 unspecified atom stereocenters. The van der Waals surface area contributed by atoms with Crippen molar-refractivity contribution in [3.8, 4) is 6.07 Å². The minimum absolute atomic E-state index is 0.101. The Kier molecular flexibility index (Phi) is 3.17. The number of carbonyl (C=O) groups is 1. The summed E-state index contributed by atoms with van der Waals surface area (Å²) in [5.41, 5.74) is 0.856. The normalized spacial score (nSPS) is 9.65. The van der Waals surface area contributed by atoms with Gasteiger partial charge in [0.25, 0.3) is 0 Å². The van der Waals surface area contributed by atoms with E-state index in [0.29, 0.717) is 5.56 Å². The molecule has 0 aliphatic carbocycles. The zero-order chi connectivity index (χ0) is 12.3. The number of hydrogen-bond acceptors (Lipinski definition) is 3. The van der Waals surface area contributed by atoms with Gasteiger partial charge in [-0.15, -0.1) is 0 Å². The third-order valence-corrected chi connectivity index (χ3v) is 2.64. The average molecular weight is 243 g/mol. The topological polar surface area (TPSA) is 53.8 Å². The molecule has 0 fully saturated rings. The van der Waals surface area contributed by atoms with Crippen molar-refractivity contribution < 1.29 is 4.79 Å². The van der Waals surface area contributed by atoms with E-state index < -0.39 is 0 Å². The van der Waals surface area contributed by atoms with Crippen LogP contribution in [0.4, 0.5) is 0 Å². The molecule has 1 heterocycles. The first-order chi connectivity index (χ1) is 8.24. The van der Waals surface area contributed by atoms with Gasteiger partial charge in [0.2, 0.25) is 5.78 Å². The summed E-state index contributed by atoms with van der Waals surface area (Å²) in [6.45, 7) is 0. The van der Waals surface area contributed by atoms with Gasteiger partial charge in [0.15, 0.2) is 0 Å². The Balaban J connectivity index is 2.50. The highest BCUT2D eigenvalue weighted by molar-refractivity contribution is 6.35. The fraction of sp³-hybridized carbons (Fsp3) is 0. The molecule has 4 heteroatoms. The molecule has 0 N–H and O–H groups in total. The lowest BCUT2D eigenvalue weighted by molar-refractivity contribution is 0.103. The maximum Gasteiger partial charge on any atom is 0.212 e. The second-order valence-corrected chi connectivity index (χ2v) is 3.71. The molecule has 1 aromatic heterocycles. The van der Waals surface area contributed by atoms with Crippen LogP contribution >= 0.6 is 11.6 Å². The van der Waals surface area contributed by atoms with E-state index in [4.69, 9.17) is 16.9 Å². The predicted octanol–water partition coefficient (Wildman–Crippen LogP) is 2.84. The number of benzene rings is 1. The Morgan fingerprint density at radius 2 is 1.94 bits per heavy atom. The highest BCUT2D eigenvalue weighted by Crippen LogP contribution is 2.20. The maximum atomic E-state index is 12.1. The summed E-state index contributed by atoms with van der Waals surface area (Å²) >= 11 is 5.95. The Labute approximate surface area is 103 Å². The van der Waals surface area contributed by atoms with Gasteiger partial charge in [-0.3, -0.25) is 9.78 Å². The summed E-state index contributed by atoms with van der Waals surface area (Å²) in [5.74, 6) is -0.285. The predicted molar refractivity (Wildman–Crippen MR) is 63.8 cm³/mol. The molecule has 0 atom stereocenters. The number of nitrogens with zero attached hydrogens (tertiary/aromatic N) is 2. The van der Waals surface area contributed by atoms with E-state index in [2.05, 4.69) is 4.98 Å². The molecule has 0 saturated carbocycles. The molecular weight excluding hydrogens is 236 g/mol. The second-order valence-electron chi connectivity index (χ2n) is 3.33. The summed E-state index contributed by atoms with van der Waals surface area (Å²) < 4.78 is 0. The van der Waals surface area contributed by atoms with E-state index in [9.17, 15) is 4.79 Å². The first-order valence-corrected chi connectivity index (χ1v) is 5.26. The molecule has 0 saturated heterocycles. The first kappa shape index (κ1) is 11.3. The summed E-state index contributed by atoms with van der Waals surface area (Å²) in [6.07, 6.45) is 1.40. The van der Waals surface area contributed by atoms with Crippen LogP contribution in [0, 0.1) is 11.3 Å². The van der Waals surface area contributed by atoms with Gasteiger partial charge in [-0.1, -0.05) is 41.9 Å². The lowest BCUT2D eigenvalue weighted by Crippen LogP contribution is -2.05. The molecule has 0 radical (unpaired) electrons. The van der Waals surface area contributed by atoms with Crippen molar-refractivity contribution >= 4 is 17.4 Å². The van der Waals surface area contributed by atoms with Crippen molar-refractivity contribution in [2.75, 3.05) is 0 Å². The first-order valence-electron chi connectivity index (χ1n) is 4.88. The Bertz CT molecular complexity index is 603. The van der Waals surface area contributed by atoms with Crippen LogP contribution < -0.4 is 0 Å². The minimum Gasteiger partial charge on any atom is -0.287 e. The summed E-state index contributed by atoms with van der Waals surface area (Å²) in [4.78, 5) is 16.0. The molecule has 0 amide bonds. The zero-order valence-electron chi connectivity index (χ0n) is 8.72. The lowest BCUT2D eigenvalue weighted by Gasteiger charge is -2.03. The number of ketones is 1. The van der Waals surface area contributed by atoms with Gasteiger partial charge >= 0.3 is 0 Å². The highest BCUT2D eigenvalue weighted by atomic mass is 35.5. The summed E-state index contributed by atoms with van der Waals surface area (Å²) in [7, 11) is 0. The van der Waals surface area contributed by atoms with Gasteiger partial charge in [-0.05, 0) is 6.07 Å². The molecule has 0 aliphatic rings. The van der Waals surface area contributed by atoms with Crippen LogP contribution in [0.25, 0.3) is 0 Å². The van der Waals surface area contributed by atoms with Crippen LogP contribution in [0.15, 0.2) is 42.6 Å². The van der Waals surface area contributed by atoms with Crippen molar-refractivity contribution in [1.82, 2.24) is 4.98 Å². The highest BCUT2D eigenvalue weighted by Gasteiger charge is 2.16. The quantitative estimate of drug-likeness (QED) is 0.761. The zero-order valence-corrected chi connectivity index (χ0v) is 9.48. The average Bonchev–Trinajstić information content (AvgIpc) is 2.39. The van der Waals surface area contributed by atoms with Gasteiger partial charge in [-0.2, -0.15) is 5.26 Å². The molecule has 3 nitrogen and oxygen atoms in total. The van der Waals surface area contributed by atoms with E-state index >= 15 is 0 Å². The van der Waals surface area contributed by atoms with Crippen molar-refractivity contribution in [1.29, 1.82) is 5.26 Å². The van der Waals surface area contributed by atoms with Gasteiger partial charge in [-0.25, -0.2) is 0 Å². The molecule has 82 valence electrons. The van der Waals surface area contributed by atoms with Crippen LogP contribution in [0.1, 0.15) is 21.6 Å². The van der Waals surface area contributed by atoms with Crippen LogP contribution in [-0.2, 0) is 0 Å². The molecule has 0 bridgehead atoms. The third kappa shape index (κ3) is 2.17. The Morgan fingerprint density at radius 3 is 2.59 bits per heavy atom. The Morgan fingerprint density at radius 1 is 1.24 bits per heavy atom. The number of hydrogen-bond donors (Lipinski definition) is 0. The van der Waals surface area contributed by atoms with Crippen molar-refractivity contribution in [2.45, 2.75) is 0 Å². The van der Waals surface area contributed by atoms with E-state index in [1.165, 1.54) is 12.3 Å². The van der Waals surface area contributed by atoms with Crippen LogP contribution in [-0.4, -0.2) is 10.8 Å². The van der Waals surface area contributed by atoms with Crippen LogP contribution in [0.3, 0.4) is 0 Å². The number of pyridine rings is 1. The van der Waals surface area contributed by atoms with E-state index in [1.807, 2.05) is 12.1 Å². The third-order valence-electron chi connectivity index (χ3n) is 2.26. The SMILES string of the molecule is N#Cc1ccnc(C(=O)c2ccccc2)c1Cl. The standard InChI is InChI=1S/C13H7ClN2O/c14-11-10(8-15)6-7-16-12(11)13(17)9-4-2-1-3-5-9/h1-7H. The number of nitriles is 1. The van der Waals surface area contributed by atoms with Crippen molar-refractivity contribution in [3.05, 3.63) is 64.4 Å². The number of rotatable bonds is 2. The van der Waals surface area contributed by atoms with E-state index in [-0.39, 0.29) is 22.1 Å². The fourth-order valence-electron chi connectivity index (χ4n) is 1.41. The fourth-order valence-corrected chi connectivity index (χ4v) is 1.65.